The van der Waals surface area contributed by atoms with Crippen molar-refractivity contribution in [2.45, 2.75) is 38.5 Å². The molecule has 3 nitrogen and oxygen atoms in total. The highest BCUT2D eigenvalue weighted by atomic mass is 16.2. The minimum absolute atomic E-state index is 0.274. The summed E-state index contributed by atoms with van der Waals surface area (Å²) in [5.41, 5.74) is 5.68. The lowest BCUT2D eigenvalue weighted by atomic mass is 9.81. The van der Waals surface area contributed by atoms with E-state index in [-0.39, 0.29) is 5.92 Å². The van der Waals surface area contributed by atoms with Crippen LogP contribution in [0.4, 0.5) is 0 Å². The molecular formula is C14H24N2O. The number of nitrogens with zero attached hydrogens (tertiary/aromatic N) is 1. The van der Waals surface area contributed by atoms with Crippen LogP contribution in [0.5, 0.6) is 0 Å². The number of rotatable bonds is 2. The smallest absolute Gasteiger partial charge is 0.225 e. The van der Waals surface area contributed by atoms with Gasteiger partial charge >= 0.3 is 0 Å². The average molecular weight is 236 g/mol. The first kappa shape index (κ1) is 12.6. The molecular weight excluding hydrogens is 212 g/mol. The molecule has 0 aromatic heterocycles. The zero-order valence-corrected chi connectivity index (χ0v) is 10.6. The molecule has 2 N–H and O–H groups in total. The summed E-state index contributed by atoms with van der Waals surface area (Å²) in [6.07, 6.45) is 10.8. The number of carbonyl (C=O) groups is 1. The second-order valence-electron chi connectivity index (χ2n) is 5.33. The Bertz CT molecular complexity index is 270. The Labute approximate surface area is 104 Å². The van der Waals surface area contributed by atoms with Gasteiger partial charge in [-0.2, -0.15) is 0 Å². The van der Waals surface area contributed by atoms with Crippen molar-refractivity contribution < 1.29 is 4.79 Å². The average Bonchev–Trinajstić information content (AvgIpc) is 2.67. The summed E-state index contributed by atoms with van der Waals surface area (Å²) in [5, 5.41) is 0. The maximum absolute atomic E-state index is 12.4. The molecule has 1 aliphatic carbocycles. The number of hydrogen-bond donors (Lipinski definition) is 1. The van der Waals surface area contributed by atoms with Gasteiger partial charge in [-0.25, -0.2) is 0 Å². The predicted molar refractivity (Wildman–Crippen MR) is 69.5 cm³/mol. The van der Waals surface area contributed by atoms with E-state index in [0.717, 1.165) is 58.2 Å². The van der Waals surface area contributed by atoms with Gasteiger partial charge in [-0.15, -0.1) is 0 Å². The van der Waals surface area contributed by atoms with Crippen molar-refractivity contribution in [1.29, 1.82) is 0 Å². The van der Waals surface area contributed by atoms with Gasteiger partial charge in [-0.1, -0.05) is 12.2 Å². The summed E-state index contributed by atoms with van der Waals surface area (Å²) >= 11 is 0. The van der Waals surface area contributed by atoms with Gasteiger partial charge in [-0.05, 0) is 51.0 Å². The summed E-state index contributed by atoms with van der Waals surface area (Å²) < 4.78 is 0. The summed E-state index contributed by atoms with van der Waals surface area (Å²) in [7, 11) is 0. The van der Waals surface area contributed by atoms with E-state index in [1.54, 1.807) is 0 Å². The van der Waals surface area contributed by atoms with Gasteiger partial charge in [0.05, 0.1) is 0 Å². The van der Waals surface area contributed by atoms with E-state index in [2.05, 4.69) is 17.1 Å². The lowest BCUT2D eigenvalue weighted by Gasteiger charge is -2.31. The molecule has 0 atom stereocenters. The van der Waals surface area contributed by atoms with Gasteiger partial charge in [-0.3, -0.25) is 4.79 Å². The van der Waals surface area contributed by atoms with Crippen LogP contribution in [-0.2, 0) is 4.79 Å². The van der Waals surface area contributed by atoms with Crippen LogP contribution in [0.1, 0.15) is 38.5 Å². The molecule has 0 aromatic carbocycles. The first-order chi connectivity index (χ1) is 8.31. The third kappa shape index (κ3) is 3.32. The van der Waals surface area contributed by atoms with E-state index >= 15 is 0 Å². The molecule has 0 unspecified atom stereocenters. The summed E-state index contributed by atoms with van der Waals surface area (Å²) in [6.45, 7) is 2.60. The summed E-state index contributed by atoms with van der Waals surface area (Å²) in [4.78, 5) is 14.4. The van der Waals surface area contributed by atoms with Crippen molar-refractivity contribution in [3.05, 3.63) is 12.2 Å². The van der Waals surface area contributed by atoms with Gasteiger partial charge in [0.1, 0.15) is 0 Å². The lowest BCUT2D eigenvalue weighted by molar-refractivity contribution is -0.136. The zero-order chi connectivity index (χ0) is 12.1. The fourth-order valence-corrected chi connectivity index (χ4v) is 2.93. The van der Waals surface area contributed by atoms with Gasteiger partial charge in [0, 0.05) is 19.0 Å². The Morgan fingerprint density at radius 3 is 2.24 bits per heavy atom. The van der Waals surface area contributed by atoms with Crippen molar-refractivity contribution in [3.63, 3.8) is 0 Å². The monoisotopic (exact) mass is 236 g/mol. The van der Waals surface area contributed by atoms with Crippen molar-refractivity contribution in [1.82, 2.24) is 4.90 Å². The maximum Gasteiger partial charge on any atom is 0.225 e. The van der Waals surface area contributed by atoms with E-state index in [1.807, 2.05) is 0 Å². The fraction of sp³-hybridized carbons (Fsp3) is 0.786. The van der Waals surface area contributed by atoms with Crippen LogP contribution >= 0.6 is 0 Å². The van der Waals surface area contributed by atoms with Crippen LogP contribution in [-0.4, -0.2) is 30.4 Å². The minimum atomic E-state index is 0.274. The Hall–Kier alpha value is -0.830. The van der Waals surface area contributed by atoms with Gasteiger partial charge in [0.15, 0.2) is 0 Å². The van der Waals surface area contributed by atoms with Crippen molar-refractivity contribution in [2.75, 3.05) is 19.6 Å². The first-order valence-electron chi connectivity index (χ1n) is 6.95. The van der Waals surface area contributed by atoms with E-state index in [4.69, 9.17) is 5.73 Å². The largest absolute Gasteiger partial charge is 0.342 e. The predicted octanol–water partition coefficient (Wildman–Crippen LogP) is 1.93. The molecule has 0 saturated heterocycles. The summed E-state index contributed by atoms with van der Waals surface area (Å²) in [6, 6.07) is 0. The van der Waals surface area contributed by atoms with E-state index in [1.165, 1.54) is 0 Å². The molecule has 1 amide bonds. The zero-order valence-electron chi connectivity index (χ0n) is 10.6. The second kappa shape index (κ2) is 6.20. The van der Waals surface area contributed by atoms with E-state index in [0.29, 0.717) is 11.8 Å². The van der Waals surface area contributed by atoms with Crippen LogP contribution in [0.2, 0.25) is 0 Å². The van der Waals surface area contributed by atoms with Crippen LogP contribution < -0.4 is 5.73 Å². The highest BCUT2D eigenvalue weighted by Crippen LogP contribution is 2.29. The molecule has 2 rings (SSSR count). The maximum atomic E-state index is 12.4. The normalized spacial score (nSPS) is 30.1. The number of hydrogen-bond acceptors (Lipinski definition) is 2. The van der Waals surface area contributed by atoms with Crippen molar-refractivity contribution in [2.24, 2.45) is 17.6 Å². The molecule has 1 fully saturated rings. The third-order valence-corrected chi connectivity index (χ3v) is 4.14. The van der Waals surface area contributed by atoms with Crippen LogP contribution in [0, 0.1) is 11.8 Å². The molecule has 2 aliphatic rings. The molecule has 1 heterocycles. The lowest BCUT2D eigenvalue weighted by Crippen LogP contribution is -2.38. The molecule has 0 radical (unpaired) electrons. The second-order valence-corrected chi connectivity index (χ2v) is 5.33. The third-order valence-electron chi connectivity index (χ3n) is 4.14. The first-order valence-corrected chi connectivity index (χ1v) is 6.95. The van der Waals surface area contributed by atoms with Gasteiger partial charge in [0.25, 0.3) is 0 Å². The van der Waals surface area contributed by atoms with Crippen LogP contribution in [0.25, 0.3) is 0 Å². The standard InChI is InChI=1S/C14H24N2O/c15-11-12-5-7-13(8-6-12)14(17)16-9-3-1-2-4-10-16/h1-2,12-13H,3-11,15H2. The molecule has 0 aromatic rings. The quantitative estimate of drug-likeness (QED) is 0.745. The Balaban J connectivity index is 1.83. The molecule has 1 saturated carbocycles. The van der Waals surface area contributed by atoms with E-state index < -0.39 is 0 Å². The molecule has 3 heteroatoms. The Morgan fingerprint density at radius 1 is 1.12 bits per heavy atom. The minimum Gasteiger partial charge on any atom is -0.342 e. The van der Waals surface area contributed by atoms with Gasteiger partial charge < -0.3 is 10.6 Å². The Kier molecular flexibility index (Phi) is 4.60. The highest BCUT2D eigenvalue weighted by Gasteiger charge is 2.28. The molecule has 0 spiro atoms. The van der Waals surface area contributed by atoms with Crippen LogP contribution in [0.3, 0.4) is 0 Å². The van der Waals surface area contributed by atoms with Crippen LogP contribution in [0.15, 0.2) is 12.2 Å². The fourth-order valence-electron chi connectivity index (χ4n) is 2.93. The molecule has 96 valence electrons. The topological polar surface area (TPSA) is 46.3 Å². The van der Waals surface area contributed by atoms with Gasteiger partial charge in [0.2, 0.25) is 5.91 Å². The molecule has 1 aliphatic heterocycles. The summed E-state index contributed by atoms with van der Waals surface area (Å²) in [5.74, 6) is 1.32. The highest BCUT2D eigenvalue weighted by molar-refractivity contribution is 5.79. The number of carbonyl (C=O) groups excluding carboxylic acids is 1. The SMILES string of the molecule is NCC1CCC(C(=O)N2CCC=CCC2)CC1. The van der Waals surface area contributed by atoms with Crippen molar-refractivity contribution in [3.8, 4) is 0 Å². The van der Waals surface area contributed by atoms with E-state index in [9.17, 15) is 4.79 Å². The molecule has 0 bridgehead atoms. The Morgan fingerprint density at radius 2 is 1.71 bits per heavy atom. The number of nitrogens with two attached hydrogens (primary N) is 1. The van der Waals surface area contributed by atoms with Crippen molar-refractivity contribution >= 4 is 5.91 Å². The molecule has 17 heavy (non-hydrogen) atoms. The number of amides is 1.